The number of fused-ring (bicyclic) bond motifs is 1. The van der Waals surface area contributed by atoms with Crippen molar-refractivity contribution in [2.45, 2.75) is 4.90 Å². The highest BCUT2D eigenvalue weighted by Gasteiger charge is 2.16. The van der Waals surface area contributed by atoms with Crippen LogP contribution in [0.3, 0.4) is 0 Å². The van der Waals surface area contributed by atoms with Gasteiger partial charge in [0.15, 0.2) is 0 Å². The van der Waals surface area contributed by atoms with E-state index in [1.807, 2.05) is 65.2 Å². The summed E-state index contributed by atoms with van der Waals surface area (Å²) in [5.41, 5.74) is 5.28. The molecule has 7 nitrogen and oxygen atoms in total. The molecule has 8 heteroatoms. The van der Waals surface area contributed by atoms with Gasteiger partial charge in [0.25, 0.3) is 0 Å². The summed E-state index contributed by atoms with van der Waals surface area (Å²) >= 11 is 0. The molecule has 0 saturated heterocycles. The predicted octanol–water partition coefficient (Wildman–Crippen LogP) is 4.48. The zero-order valence-electron chi connectivity index (χ0n) is 16.9. The lowest BCUT2D eigenvalue weighted by Gasteiger charge is -2.12. The lowest BCUT2D eigenvalue weighted by atomic mass is 10.2. The Hall–Kier alpha value is -4.01. The number of primary sulfonamides is 1. The first-order valence-electron chi connectivity index (χ1n) is 9.87. The van der Waals surface area contributed by atoms with E-state index in [4.69, 9.17) is 10.1 Å². The van der Waals surface area contributed by atoms with Crippen LogP contribution in [0.15, 0.2) is 102 Å². The van der Waals surface area contributed by atoms with Gasteiger partial charge in [0.1, 0.15) is 5.82 Å². The van der Waals surface area contributed by atoms with Gasteiger partial charge in [-0.15, -0.1) is 0 Å². The first-order chi connectivity index (χ1) is 15.5. The number of nitrogens with zero attached hydrogens (tertiary/aromatic N) is 3. The number of nitrogens with one attached hydrogen (secondary N) is 1. The third kappa shape index (κ3) is 3.84. The van der Waals surface area contributed by atoms with Gasteiger partial charge in [-0.3, -0.25) is 9.55 Å². The van der Waals surface area contributed by atoms with Gasteiger partial charge in [0, 0.05) is 28.8 Å². The highest BCUT2D eigenvalue weighted by atomic mass is 32.2. The molecule has 0 spiro atoms. The number of imidazole rings is 1. The monoisotopic (exact) mass is 441 g/mol. The Kier molecular flexibility index (Phi) is 4.93. The molecular formula is C24H19N5O2S. The maximum atomic E-state index is 11.6. The molecule has 32 heavy (non-hydrogen) atoms. The van der Waals surface area contributed by atoms with E-state index >= 15 is 0 Å². The van der Waals surface area contributed by atoms with Crippen LogP contribution in [0.25, 0.3) is 28.1 Å². The number of rotatable bonds is 5. The normalized spacial score (nSPS) is 11.5. The lowest BCUT2D eigenvalue weighted by Crippen LogP contribution is -2.11. The van der Waals surface area contributed by atoms with E-state index in [0.29, 0.717) is 5.82 Å². The van der Waals surface area contributed by atoms with Gasteiger partial charge in [-0.25, -0.2) is 18.5 Å². The fourth-order valence-electron chi connectivity index (χ4n) is 3.55. The molecule has 3 N–H and O–H groups in total. The molecule has 0 fully saturated rings. The van der Waals surface area contributed by atoms with Crippen molar-refractivity contribution in [3.05, 3.63) is 97.3 Å². The first kappa shape index (κ1) is 19.9. The van der Waals surface area contributed by atoms with Crippen LogP contribution in [0.5, 0.6) is 0 Å². The summed E-state index contributed by atoms with van der Waals surface area (Å²) in [5, 5.41) is 8.61. The number of para-hydroxylation sites is 1. The third-order valence-electron chi connectivity index (χ3n) is 5.09. The molecule has 0 radical (unpaired) electrons. The van der Waals surface area contributed by atoms with Crippen molar-refractivity contribution in [2.75, 3.05) is 5.32 Å². The number of benzene rings is 3. The second kappa shape index (κ2) is 7.92. The summed E-state index contributed by atoms with van der Waals surface area (Å²) in [5.74, 6) is 0.678. The van der Waals surface area contributed by atoms with Crippen molar-refractivity contribution in [1.82, 2.24) is 14.5 Å². The van der Waals surface area contributed by atoms with Crippen LogP contribution >= 0.6 is 0 Å². The van der Waals surface area contributed by atoms with E-state index in [1.165, 1.54) is 12.1 Å². The molecule has 5 rings (SSSR count). The molecule has 5 aromatic rings. The van der Waals surface area contributed by atoms with E-state index in [2.05, 4.69) is 10.3 Å². The maximum absolute atomic E-state index is 11.6. The van der Waals surface area contributed by atoms with Gasteiger partial charge >= 0.3 is 0 Å². The van der Waals surface area contributed by atoms with Crippen LogP contribution in [0, 0.1) is 0 Å². The minimum atomic E-state index is -3.76. The van der Waals surface area contributed by atoms with Gasteiger partial charge in [0.2, 0.25) is 10.0 Å². The summed E-state index contributed by atoms with van der Waals surface area (Å²) in [6, 6.07) is 26.2. The van der Waals surface area contributed by atoms with Gasteiger partial charge in [-0.05, 0) is 66.7 Å². The van der Waals surface area contributed by atoms with Gasteiger partial charge in [0.05, 0.1) is 22.1 Å². The Labute approximate surface area is 185 Å². The van der Waals surface area contributed by atoms with Crippen LogP contribution < -0.4 is 10.5 Å². The van der Waals surface area contributed by atoms with E-state index in [0.717, 1.165) is 33.7 Å². The molecule has 2 heterocycles. The zero-order chi connectivity index (χ0) is 22.1. The molecule has 0 aliphatic heterocycles. The summed E-state index contributed by atoms with van der Waals surface area (Å²) in [7, 11) is -3.76. The smallest absolute Gasteiger partial charge is 0.238 e. The van der Waals surface area contributed by atoms with Gasteiger partial charge in [-0.2, -0.15) is 0 Å². The highest BCUT2D eigenvalue weighted by Crippen LogP contribution is 2.29. The molecule has 0 saturated carbocycles. The zero-order valence-corrected chi connectivity index (χ0v) is 17.7. The first-order valence-corrected chi connectivity index (χ1v) is 11.4. The Morgan fingerprint density at radius 2 is 1.50 bits per heavy atom. The molecule has 0 aliphatic carbocycles. The lowest BCUT2D eigenvalue weighted by molar-refractivity contribution is 0.598. The van der Waals surface area contributed by atoms with E-state index in [-0.39, 0.29) is 4.90 Å². The number of aromatic nitrogens is 3. The highest BCUT2D eigenvalue weighted by molar-refractivity contribution is 7.89. The molecule has 0 atom stereocenters. The fourth-order valence-corrected chi connectivity index (χ4v) is 4.07. The molecule has 0 unspecified atom stereocenters. The Bertz CT molecular complexity index is 1490. The minimum absolute atomic E-state index is 0.0573. The molecule has 158 valence electrons. The van der Waals surface area contributed by atoms with E-state index < -0.39 is 10.0 Å². The Morgan fingerprint density at radius 3 is 2.19 bits per heavy atom. The van der Waals surface area contributed by atoms with Gasteiger partial charge < -0.3 is 5.32 Å². The number of hydrogen-bond acceptors (Lipinski definition) is 5. The predicted molar refractivity (Wildman–Crippen MR) is 125 cm³/mol. The second-order valence-electron chi connectivity index (χ2n) is 7.24. The summed E-state index contributed by atoms with van der Waals surface area (Å²) < 4.78 is 25.2. The Morgan fingerprint density at radius 1 is 0.812 bits per heavy atom. The van der Waals surface area contributed by atoms with Crippen molar-refractivity contribution in [1.29, 1.82) is 0 Å². The quantitative estimate of drug-likeness (QED) is 0.419. The van der Waals surface area contributed by atoms with Crippen molar-refractivity contribution >= 4 is 32.4 Å². The minimum Gasteiger partial charge on any atom is -0.356 e. The fraction of sp³-hybridized carbons (Fsp3) is 0. The third-order valence-corrected chi connectivity index (χ3v) is 6.02. The van der Waals surface area contributed by atoms with Crippen LogP contribution in [0.1, 0.15) is 0 Å². The summed E-state index contributed by atoms with van der Waals surface area (Å²) in [6.07, 6.45) is 3.46. The van der Waals surface area contributed by atoms with Crippen LogP contribution in [0.2, 0.25) is 0 Å². The molecule has 0 aliphatic rings. The van der Waals surface area contributed by atoms with Crippen LogP contribution in [-0.2, 0) is 10.0 Å². The summed E-state index contributed by atoms with van der Waals surface area (Å²) in [4.78, 5) is 9.08. The number of anilines is 2. The second-order valence-corrected chi connectivity index (χ2v) is 8.80. The molecule has 2 aromatic heterocycles. The number of sulfonamides is 1. The van der Waals surface area contributed by atoms with Crippen molar-refractivity contribution < 1.29 is 8.42 Å². The van der Waals surface area contributed by atoms with Gasteiger partial charge in [-0.1, -0.05) is 18.2 Å². The molecular weight excluding hydrogens is 422 g/mol. The van der Waals surface area contributed by atoms with Crippen molar-refractivity contribution in [2.24, 2.45) is 5.14 Å². The topological polar surface area (TPSA) is 103 Å². The van der Waals surface area contributed by atoms with Crippen LogP contribution in [0.4, 0.5) is 11.4 Å². The Balaban J connectivity index is 1.58. The van der Waals surface area contributed by atoms with E-state index in [9.17, 15) is 8.42 Å². The average molecular weight is 442 g/mol. The van der Waals surface area contributed by atoms with Crippen LogP contribution in [-0.4, -0.2) is 23.0 Å². The maximum Gasteiger partial charge on any atom is 0.238 e. The average Bonchev–Trinajstić information content (AvgIpc) is 3.19. The summed E-state index contributed by atoms with van der Waals surface area (Å²) in [6.45, 7) is 0. The molecule has 0 bridgehead atoms. The number of hydrogen-bond donors (Lipinski definition) is 2. The molecule has 0 amide bonds. The van der Waals surface area contributed by atoms with Crippen molar-refractivity contribution in [3.8, 4) is 17.1 Å². The standard InChI is InChI=1S/C24H19N5O2S/c25-32(30,31)21-12-6-17(7-13-21)24-28-22-14-15-26-16-23(22)29(24)20-10-8-19(9-11-20)27-18-4-2-1-3-5-18/h1-16,27H,(H2,25,30,31). The SMILES string of the molecule is NS(=O)(=O)c1ccc(-c2nc3ccncc3n2-c2ccc(Nc3ccccc3)cc2)cc1. The number of pyridine rings is 1. The molecule has 3 aromatic carbocycles. The largest absolute Gasteiger partial charge is 0.356 e. The number of nitrogens with two attached hydrogens (primary N) is 1. The van der Waals surface area contributed by atoms with E-state index in [1.54, 1.807) is 24.5 Å². The van der Waals surface area contributed by atoms with Crippen molar-refractivity contribution in [3.63, 3.8) is 0 Å².